The first-order valence-corrected chi connectivity index (χ1v) is 5.96. The molecule has 3 heteroatoms. The van der Waals surface area contributed by atoms with Crippen LogP contribution in [-0.2, 0) is 0 Å². The maximum absolute atomic E-state index is 9.50. The maximum Gasteiger partial charge on any atom is 0.117 e. The fraction of sp³-hybridized carbons (Fsp3) is 0. The number of rotatable bonds is 1. The van der Waals surface area contributed by atoms with E-state index in [1.807, 2.05) is 36.4 Å². The highest BCUT2D eigenvalue weighted by Gasteiger charge is 2.06. The van der Waals surface area contributed by atoms with E-state index in [-0.39, 0.29) is 5.75 Å². The highest BCUT2D eigenvalue weighted by Crippen LogP contribution is 2.29. The van der Waals surface area contributed by atoms with Crippen molar-refractivity contribution in [2.75, 3.05) is 0 Å². The van der Waals surface area contributed by atoms with Crippen LogP contribution in [0.25, 0.3) is 22.2 Å². The molecule has 0 unspecified atom stereocenters. The molecular weight excluding hydrogens is 246 g/mol. The Labute approximate surface area is 109 Å². The van der Waals surface area contributed by atoms with Gasteiger partial charge in [0.2, 0.25) is 0 Å². The molecule has 1 heterocycles. The van der Waals surface area contributed by atoms with Crippen molar-refractivity contribution in [2.45, 2.75) is 0 Å². The molecule has 3 rings (SSSR count). The lowest BCUT2D eigenvalue weighted by Crippen LogP contribution is -1.86. The van der Waals surface area contributed by atoms with Gasteiger partial charge < -0.3 is 5.11 Å². The molecule has 0 radical (unpaired) electrons. The van der Waals surface area contributed by atoms with Crippen LogP contribution < -0.4 is 0 Å². The van der Waals surface area contributed by atoms with Gasteiger partial charge in [-0.3, -0.25) is 0 Å². The van der Waals surface area contributed by atoms with Crippen LogP contribution in [0.1, 0.15) is 0 Å². The molecule has 0 saturated heterocycles. The Hall–Kier alpha value is -2.06. The predicted octanol–water partition coefficient (Wildman–Crippen LogP) is 4.26. The van der Waals surface area contributed by atoms with Gasteiger partial charge in [0.15, 0.2) is 0 Å². The molecule has 3 aromatic rings. The Morgan fingerprint density at radius 3 is 2.50 bits per heavy atom. The van der Waals surface area contributed by atoms with Gasteiger partial charge in [-0.2, -0.15) is 0 Å². The number of benzene rings is 2. The van der Waals surface area contributed by atoms with Gasteiger partial charge in [0, 0.05) is 17.0 Å². The van der Waals surface area contributed by atoms with Crippen molar-refractivity contribution in [1.82, 2.24) is 4.98 Å². The van der Waals surface area contributed by atoms with Crippen LogP contribution in [0.4, 0.5) is 0 Å². The molecule has 0 aliphatic carbocycles. The SMILES string of the molecule is Oc1ccc2c(Cl)cc(-c3ccccc3)nc2c1. The molecule has 2 nitrogen and oxygen atoms in total. The second-order valence-corrected chi connectivity index (χ2v) is 4.46. The Morgan fingerprint density at radius 1 is 0.944 bits per heavy atom. The zero-order valence-electron chi connectivity index (χ0n) is 9.47. The monoisotopic (exact) mass is 255 g/mol. The van der Waals surface area contributed by atoms with Gasteiger partial charge in [0.05, 0.1) is 16.2 Å². The second-order valence-electron chi connectivity index (χ2n) is 4.06. The molecule has 0 amide bonds. The number of phenolic OH excluding ortho intramolecular Hbond substituents is 1. The van der Waals surface area contributed by atoms with Crippen molar-refractivity contribution in [2.24, 2.45) is 0 Å². The lowest BCUT2D eigenvalue weighted by atomic mass is 10.1. The van der Waals surface area contributed by atoms with E-state index in [0.717, 1.165) is 16.6 Å². The van der Waals surface area contributed by atoms with E-state index >= 15 is 0 Å². The second kappa shape index (κ2) is 4.31. The van der Waals surface area contributed by atoms with Gasteiger partial charge in [0.25, 0.3) is 0 Å². The first-order chi connectivity index (χ1) is 8.74. The number of fused-ring (bicyclic) bond motifs is 1. The first kappa shape index (κ1) is 11.1. The molecule has 18 heavy (non-hydrogen) atoms. The van der Waals surface area contributed by atoms with Crippen LogP contribution >= 0.6 is 11.6 Å². The first-order valence-electron chi connectivity index (χ1n) is 5.59. The summed E-state index contributed by atoms with van der Waals surface area (Å²) >= 11 is 6.24. The lowest BCUT2D eigenvalue weighted by Gasteiger charge is -2.05. The van der Waals surface area contributed by atoms with Gasteiger partial charge >= 0.3 is 0 Å². The number of aromatic nitrogens is 1. The quantitative estimate of drug-likeness (QED) is 0.705. The fourth-order valence-corrected chi connectivity index (χ4v) is 2.19. The van der Waals surface area contributed by atoms with Crippen LogP contribution in [0.3, 0.4) is 0 Å². The van der Waals surface area contributed by atoms with E-state index in [2.05, 4.69) is 4.98 Å². The van der Waals surface area contributed by atoms with Crippen LogP contribution in [0.5, 0.6) is 5.75 Å². The lowest BCUT2D eigenvalue weighted by molar-refractivity contribution is 0.476. The topological polar surface area (TPSA) is 33.1 Å². The Kier molecular flexibility index (Phi) is 2.65. The molecule has 1 aromatic heterocycles. The van der Waals surface area contributed by atoms with Gasteiger partial charge in [0.1, 0.15) is 5.75 Å². The Balaban J connectivity index is 2.27. The number of nitrogens with zero attached hydrogens (tertiary/aromatic N) is 1. The number of hydrogen-bond donors (Lipinski definition) is 1. The van der Waals surface area contributed by atoms with E-state index in [1.54, 1.807) is 18.2 Å². The van der Waals surface area contributed by atoms with Gasteiger partial charge in [-0.15, -0.1) is 0 Å². The molecule has 0 saturated carbocycles. The van der Waals surface area contributed by atoms with E-state index in [9.17, 15) is 5.11 Å². The summed E-state index contributed by atoms with van der Waals surface area (Å²) in [7, 11) is 0. The molecule has 0 atom stereocenters. The van der Waals surface area contributed by atoms with Crippen molar-refractivity contribution in [3.63, 3.8) is 0 Å². The minimum atomic E-state index is 0.191. The number of aromatic hydroxyl groups is 1. The van der Waals surface area contributed by atoms with Crippen molar-refractivity contribution >= 4 is 22.5 Å². The molecule has 0 spiro atoms. The van der Waals surface area contributed by atoms with Crippen molar-refractivity contribution in [1.29, 1.82) is 0 Å². The third-order valence-electron chi connectivity index (χ3n) is 2.81. The van der Waals surface area contributed by atoms with Crippen LogP contribution in [0, 0.1) is 0 Å². The summed E-state index contributed by atoms with van der Waals surface area (Å²) in [6.07, 6.45) is 0. The summed E-state index contributed by atoms with van der Waals surface area (Å²) in [5.74, 6) is 0.191. The summed E-state index contributed by atoms with van der Waals surface area (Å²) in [4.78, 5) is 4.52. The number of halogens is 1. The Bertz CT molecular complexity index is 710. The minimum Gasteiger partial charge on any atom is -0.508 e. The number of phenols is 1. The standard InChI is InChI=1S/C15H10ClNO/c16-13-9-14(10-4-2-1-3-5-10)17-15-8-11(18)6-7-12(13)15/h1-9,18H. The molecule has 0 aliphatic rings. The van der Waals surface area contributed by atoms with Crippen molar-refractivity contribution in [3.05, 3.63) is 59.6 Å². The normalized spacial score (nSPS) is 10.7. The summed E-state index contributed by atoms with van der Waals surface area (Å²) in [6.45, 7) is 0. The molecule has 2 aromatic carbocycles. The molecule has 0 fully saturated rings. The van der Waals surface area contributed by atoms with Crippen molar-refractivity contribution < 1.29 is 5.11 Å². The van der Waals surface area contributed by atoms with Crippen LogP contribution in [0.2, 0.25) is 5.02 Å². The van der Waals surface area contributed by atoms with Gasteiger partial charge in [-0.25, -0.2) is 4.98 Å². The number of pyridine rings is 1. The maximum atomic E-state index is 9.50. The highest BCUT2D eigenvalue weighted by molar-refractivity contribution is 6.35. The van der Waals surface area contributed by atoms with E-state index < -0.39 is 0 Å². The zero-order valence-corrected chi connectivity index (χ0v) is 10.2. The summed E-state index contributed by atoms with van der Waals surface area (Å²) in [5.41, 5.74) is 2.50. The highest BCUT2D eigenvalue weighted by atomic mass is 35.5. The molecule has 88 valence electrons. The van der Waals surface area contributed by atoms with E-state index in [4.69, 9.17) is 11.6 Å². The molecule has 1 N–H and O–H groups in total. The van der Waals surface area contributed by atoms with Crippen LogP contribution in [-0.4, -0.2) is 10.1 Å². The summed E-state index contributed by atoms with van der Waals surface area (Å²) in [5, 5.41) is 11.0. The fourth-order valence-electron chi connectivity index (χ4n) is 1.93. The van der Waals surface area contributed by atoms with E-state index in [0.29, 0.717) is 10.5 Å². The average Bonchev–Trinajstić information content (AvgIpc) is 2.39. The number of hydrogen-bond acceptors (Lipinski definition) is 2. The molecule has 0 bridgehead atoms. The van der Waals surface area contributed by atoms with Gasteiger partial charge in [-0.1, -0.05) is 41.9 Å². The van der Waals surface area contributed by atoms with Crippen molar-refractivity contribution in [3.8, 4) is 17.0 Å². The summed E-state index contributed by atoms with van der Waals surface area (Å²) < 4.78 is 0. The Morgan fingerprint density at radius 2 is 1.72 bits per heavy atom. The zero-order chi connectivity index (χ0) is 12.5. The molecule has 0 aliphatic heterocycles. The van der Waals surface area contributed by atoms with E-state index in [1.165, 1.54) is 0 Å². The largest absolute Gasteiger partial charge is 0.508 e. The third-order valence-corrected chi connectivity index (χ3v) is 3.13. The average molecular weight is 256 g/mol. The van der Waals surface area contributed by atoms with Crippen LogP contribution in [0.15, 0.2) is 54.6 Å². The van der Waals surface area contributed by atoms with Gasteiger partial charge in [-0.05, 0) is 18.2 Å². The minimum absolute atomic E-state index is 0.191. The third kappa shape index (κ3) is 1.91. The summed E-state index contributed by atoms with van der Waals surface area (Å²) in [6, 6.07) is 16.7. The predicted molar refractivity (Wildman–Crippen MR) is 73.9 cm³/mol. The smallest absolute Gasteiger partial charge is 0.117 e. The molecular formula is C15H10ClNO.